The van der Waals surface area contributed by atoms with Crippen molar-refractivity contribution in [3.05, 3.63) is 70.8 Å². The van der Waals surface area contributed by atoms with Crippen LogP contribution >= 0.6 is 0 Å². The lowest BCUT2D eigenvalue weighted by atomic mass is 9.99. The van der Waals surface area contributed by atoms with Gasteiger partial charge in [0, 0.05) is 25.7 Å². The lowest BCUT2D eigenvalue weighted by Crippen LogP contribution is -2.53. The molecule has 0 spiro atoms. The molecule has 48 heavy (non-hydrogen) atoms. The number of hydrogen-bond acceptors (Lipinski definition) is 7. The van der Waals surface area contributed by atoms with E-state index in [-0.39, 0.29) is 18.5 Å². The molecule has 3 atom stereocenters. The Morgan fingerprint density at radius 3 is 2.17 bits per heavy atom. The van der Waals surface area contributed by atoms with Gasteiger partial charge in [0.2, 0.25) is 5.91 Å². The van der Waals surface area contributed by atoms with Crippen LogP contribution in [0.1, 0.15) is 77.0 Å². The first-order valence-electron chi connectivity index (χ1n) is 16.7. The van der Waals surface area contributed by atoms with Crippen molar-refractivity contribution in [1.29, 1.82) is 0 Å². The molecule has 1 unspecified atom stereocenters. The number of imide groups is 1. The predicted molar refractivity (Wildman–Crippen MR) is 181 cm³/mol. The molecule has 2 aromatic carbocycles. The van der Waals surface area contributed by atoms with E-state index in [0.29, 0.717) is 38.3 Å². The van der Waals surface area contributed by atoms with Crippen molar-refractivity contribution in [2.75, 3.05) is 18.8 Å². The maximum atomic E-state index is 14.1. The molecule has 13 heteroatoms. The summed E-state index contributed by atoms with van der Waals surface area (Å²) in [5, 5.41) is 19.0. The van der Waals surface area contributed by atoms with Gasteiger partial charge in [-0.25, -0.2) is 22.0 Å². The van der Waals surface area contributed by atoms with Gasteiger partial charge in [-0.3, -0.25) is 14.5 Å². The number of nitrogens with zero attached hydrogens (tertiary/aromatic N) is 1. The predicted octanol–water partition coefficient (Wildman–Crippen LogP) is 4.04. The first-order valence-corrected chi connectivity index (χ1v) is 18.4. The maximum absolute atomic E-state index is 14.1. The highest BCUT2D eigenvalue weighted by Gasteiger charge is 2.46. The fraction of sp³-hybridized carbons (Fsp3) is 0.571. The van der Waals surface area contributed by atoms with E-state index in [0.717, 1.165) is 34.6 Å². The Morgan fingerprint density at radius 2 is 1.60 bits per heavy atom. The van der Waals surface area contributed by atoms with E-state index in [1.165, 1.54) is 13.8 Å². The molecule has 0 aliphatic carbocycles. The van der Waals surface area contributed by atoms with Crippen LogP contribution in [0.2, 0.25) is 0 Å². The fourth-order valence-corrected chi connectivity index (χ4v) is 8.29. The summed E-state index contributed by atoms with van der Waals surface area (Å²) >= 11 is 0. The Balaban J connectivity index is 1.90. The molecule has 1 fully saturated rings. The summed E-state index contributed by atoms with van der Waals surface area (Å²) in [4.78, 5) is 40.7. The van der Waals surface area contributed by atoms with E-state index < -0.39 is 80.5 Å². The second-order valence-electron chi connectivity index (χ2n) is 13.2. The van der Waals surface area contributed by atoms with Gasteiger partial charge in [0.15, 0.2) is 9.84 Å². The highest BCUT2D eigenvalue weighted by molar-refractivity contribution is 7.92. The Hall–Kier alpha value is -3.42. The minimum atomic E-state index is -3.88. The van der Waals surface area contributed by atoms with Crippen molar-refractivity contribution >= 4 is 27.7 Å². The lowest BCUT2D eigenvalue weighted by molar-refractivity contribution is -0.132. The average molecular weight is 693 g/mol. The van der Waals surface area contributed by atoms with Crippen LogP contribution in [0, 0.1) is 17.6 Å². The van der Waals surface area contributed by atoms with Crippen LogP contribution in [-0.2, 0) is 38.8 Å². The molecule has 0 saturated carbocycles. The van der Waals surface area contributed by atoms with Gasteiger partial charge < -0.3 is 21.1 Å². The molecule has 266 valence electrons. The Labute approximate surface area is 283 Å². The van der Waals surface area contributed by atoms with Crippen molar-refractivity contribution < 1.29 is 36.7 Å². The zero-order chi connectivity index (χ0) is 35.6. The Kier molecular flexibility index (Phi) is 14.1. The number of aryl methyl sites for hydroxylation is 1. The summed E-state index contributed by atoms with van der Waals surface area (Å²) in [7, 11) is -3.88. The first kappa shape index (κ1) is 39.0. The normalized spacial score (nSPS) is 16.6. The van der Waals surface area contributed by atoms with Gasteiger partial charge in [-0.15, -0.1) is 0 Å². The third-order valence-corrected chi connectivity index (χ3v) is 11.0. The smallest absolute Gasteiger partial charge is 0.325 e. The van der Waals surface area contributed by atoms with Gasteiger partial charge in [0.1, 0.15) is 17.2 Å². The van der Waals surface area contributed by atoms with E-state index in [2.05, 4.69) is 16.0 Å². The van der Waals surface area contributed by atoms with Crippen LogP contribution in [0.25, 0.3) is 0 Å². The summed E-state index contributed by atoms with van der Waals surface area (Å²) in [5.41, 5.74) is 1.04. The van der Waals surface area contributed by atoms with Crippen LogP contribution in [0.3, 0.4) is 0 Å². The first-order chi connectivity index (χ1) is 22.6. The van der Waals surface area contributed by atoms with Crippen molar-refractivity contribution in [2.45, 2.75) is 103 Å². The second-order valence-corrected chi connectivity index (χ2v) is 15.5. The molecule has 1 saturated heterocycles. The van der Waals surface area contributed by atoms with Crippen LogP contribution in [0.5, 0.6) is 0 Å². The van der Waals surface area contributed by atoms with E-state index in [4.69, 9.17) is 0 Å². The number of rotatable bonds is 19. The third-order valence-electron chi connectivity index (χ3n) is 8.63. The Bertz CT molecular complexity index is 1510. The summed E-state index contributed by atoms with van der Waals surface area (Å²) in [6, 6.07) is 8.93. The van der Waals surface area contributed by atoms with Crippen LogP contribution in [0.15, 0.2) is 42.5 Å². The van der Waals surface area contributed by atoms with Gasteiger partial charge >= 0.3 is 6.03 Å². The van der Waals surface area contributed by atoms with Crippen molar-refractivity contribution in [3.63, 3.8) is 0 Å². The molecule has 2 aromatic rings. The van der Waals surface area contributed by atoms with Crippen molar-refractivity contribution in [1.82, 2.24) is 20.9 Å². The molecule has 3 rings (SSSR count). The molecule has 1 heterocycles. The third kappa shape index (κ3) is 10.8. The van der Waals surface area contributed by atoms with Gasteiger partial charge in [-0.05, 0) is 68.4 Å². The van der Waals surface area contributed by atoms with Gasteiger partial charge in [0.25, 0.3) is 5.91 Å². The number of urea groups is 1. The Morgan fingerprint density at radius 1 is 0.979 bits per heavy atom. The van der Waals surface area contributed by atoms with Crippen LogP contribution in [-0.4, -0.2) is 78.0 Å². The SMILES string of the molecule is CCCC(CCC)S(=O)(=O)CC(CN1C(=O)NC(C)(C)C1=O)C(=O)N[C@H](Cc1cc(F)cc(F)c1)[C@@H](O)CNCc1cccc(CC)c1. The molecule has 1 aliphatic rings. The quantitative estimate of drug-likeness (QED) is 0.163. The largest absolute Gasteiger partial charge is 0.390 e. The number of carbonyl (C=O) groups excluding carboxylic acids is 3. The molecule has 0 aromatic heterocycles. The number of carbonyl (C=O) groups is 3. The average Bonchev–Trinajstić information content (AvgIpc) is 3.20. The molecule has 4 amide bonds. The number of aliphatic hydroxyl groups is 1. The number of benzene rings is 2. The summed E-state index contributed by atoms with van der Waals surface area (Å²) < 4.78 is 55.6. The highest BCUT2D eigenvalue weighted by Crippen LogP contribution is 2.23. The monoisotopic (exact) mass is 692 g/mol. The second kappa shape index (κ2) is 17.3. The number of halogens is 2. The number of aliphatic hydroxyl groups excluding tert-OH is 1. The summed E-state index contributed by atoms with van der Waals surface area (Å²) in [5.74, 6) is -5.09. The van der Waals surface area contributed by atoms with Gasteiger partial charge in [0.05, 0.1) is 29.1 Å². The van der Waals surface area contributed by atoms with E-state index >= 15 is 0 Å². The summed E-state index contributed by atoms with van der Waals surface area (Å²) in [6.07, 6.45) is 1.39. The van der Waals surface area contributed by atoms with E-state index in [1.807, 2.05) is 45.0 Å². The van der Waals surface area contributed by atoms with Gasteiger partial charge in [-0.1, -0.05) is 57.9 Å². The summed E-state index contributed by atoms with van der Waals surface area (Å²) in [6.45, 7) is 8.67. The fourth-order valence-electron chi connectivity index (χ4n) is 6.01. The van der Waals surface area contributed by atoms with Crippen molar-refractivity contribution in [2.24, 2.45) is 5.92 Å². The van der Waals surface area contributed by atoms with E-state index in [1.54, 1.807) is 0 Å². The maximum Gasteiger partial charge on any atom is 0.325 e. The number of amides is 4. The topological polar surface area (TPSA) is 145 Å². The molecule has 10 nitrogen and oxygen atoms in total. The lowest BCUT2D eigenvalue weighted by Gasteiger charge is -2.29. The highest BCUT2D eigenvalue weighted by atomic mass is 32.2. The standard InChI is InChI=1S/C35H50F2N4O6S/c1-6-10-29(11-7-2)48(46,47)22-26(21-41-33(44)35(4,5)40-34(41)45)32(43)39-30(17-25-15-27(36)18-28(37)16-25)31(42)20-38-19-24-13-9-12-23(8-3)14-24/h9,12-16,18,26,29-31,38,42H,6-8,10-11,17,19-22H2,1-5H3,(H,39,43)(H,40,45)/t26?,30-,31+/m1/s1. The number of hydrogen-bond donors (Lipinski definition) is 4. The van der Waals surface area contributed by atoms with E-state index in [9.17, 15) is 36.7 Å². The van der Waals surface area contributed by atoms with Gasteiger partial charge in [-0.2, -0.15) is 0 Å². The van der Waals surface area contributed by atoms with Crippen molar-refractivity contribution in [3.8, 4) is 0 Å². The molecular formula is C35H50F2N4O6S. The molecule has 4 N–H and O–H groups in total. The number of sulfone groups is 1. The zero-order valence-corrected chi connectivity index (χ0v) is 29.3. The molecule has 0 bridgehead atoms. The zero-order valence-electron chi connectivity index (χ0n) is 28.5. The minimum Gasteiger partial charge on any atom is -0.390 e. The van der Waals surface area contributed by atoms with Crippen LogP contribution < -0.4 is 16.0 Å². The minimum absolute atomic E-state index is 0.0155. The molecule has 1 aliphatic heterocycles. The van der Waals surface area contributed by atoms with Crippen LogP contribution in [0.4, 0.5) is 13.6 Å². The number of nitrogens with one attached hydrogen (secondary N) is 3. The molecular weight excluding hydrogens is 642 g/mol. The molecule has 0 radical (unpaired) electrons.